The van der Waals surface area contributed by atoms with Gasteiger partial charge in [-0.15, -0.1) is 0 Å². The molecule has 16 heavy (non-hydrogen) atoms. The minimum Gasteiger partial charge on any atom is -0.487 e. The van der Waals surface area contributed by atoms with Crippen LogP contribution in [0.15, 0.2) is 42.7 Å². The highest BCUT2D eigenvalue weighted by molar-refractivity contribution is 5.29. The smallest absolute Gasteiger partial charge is 0.144 e. The van der Waals surface area contributed by atoms with Gasteiger partial charge in [0.2, 0.25) is 0 Å². The fourth-order valence-corrected chi connectivity index (χ4v) is 1.23. The van der Waals surface area contributed by atoms with Crippen LogP contribution < -0.4 is 10.1 Å². The summed E-state index contributed by atoms with van der Waals surface area (Å²) in [5.74, 6) is 1.59. The molecule has 0 aliphatic rings. The van der Waals surface area contributed by atoms with Crippen LogP contribution in [0.4, 0.5) is 5.82 Å². The Hall–Kier alpha value is -2.10. The average Bonchev–Trinajstić information content (AvgIpc) is 2.38. The van der Waals surface area contributed by atoms with Crippen molar-refractivity contribution in [3.05, 3.63) is 48.4 Å². The Balaban J connectivity index is 1.94. The van der Waals surface area contributed by atoms with E-state index in [4.69, 9.17) is 4.74 Å². The lowest BCUT2D eigenvalue weighted by atomic mass is 10.3. The molecule has 0 aliphatic carbocycles. The standard InChI is InChI=1S/C12H13N3O/c1-13-12-8-14-10(7-15-12)9-16-11-5-3-2-4-6-11/h2-8H,9H2,1H3,(H,13,15). The van der Waals surface area contributed by atoms with Gasteiger partial charge in [0.05, 0.1) is 18.1 Å². The van der Waals surface area contributed by atoms with E-state index in [0.717, 1.165) is 17.3 Å². The highest BCUT2D eigenvalue weighted by Crippen LogP contribution is 2.10. The molecule has 1 aromatic heterocycles. The summed E-state index contributed by atoms with van der Waals surface area (Å²) in [6, 6.07) is 9.65. The van der Waals surface area contributed by atoms with Crippen LogP contribution in [-0.2, 0) is 6.61 Å². The molecule has 0 bridgehead atoms. The van der Waals surface area contributed by atoms with Crippen molar-refractivity contribution >= 4 is 5.82 Å². The van der Waals surface area contributed by atoms with Gasteiger partial charge in [0.15, 0.2) is 0 Å². The van der Waals surface area contributed by atoms with E-state index in [1.165, 1.54) is 0 Å². The minimum absolute atomic E-state index is 0.432. The third-order valence-electron chi connectivity index (χ3n) is 2.09. The van der Waals surface area contributed by atoms with Crippen molar-refractivity contribution in [1.29, 1.82) is 0 Å². The zero-order valence-electron chi connectivity index (χ0n) is 9.05. The lowest BCUT2D eigenvalue weighted by Gasteiger charge is -2.05. The van der Waals surface area contributed by atoms with Gasteiger partial charge in [0.25, 0.3) is 0 Å². The van der Waals surface area contributed by atoms with E-state index >= 15 is 0 Å². The quantitative estimate of drug-likeness (QED) is 0.848. The Kier molecular flexibility index (Phi) is 3.33. The summed E-state index contributed by atoms with van der Waals surface area (Å²) in [7, 11) is 1.81. The Morgan fingerprint density at radius 3 is 2.56 bits per heavy atom. The molecular weight excluding hydrogens is 202 g/mol. The molecule has 0 atom stereocenters. The van der Waals surface area contributed by atoms with E-state index < -0.39 is 0 Å². The van der Waals surface area contributed by atoms with Gasteiger partial charge in [-0.2, -0.15) is 0 Å². The zero-order valence-corrected chi connectivity index (χ0v) is 9.05. The number of benzene rings is 1. The SMILES string of the molecule is CNc1cnc(COc2ccccc2)cn1. The van der Waals surface area contributed by atoms with Gasteiger partial charge in [-0.05, 0) is 12.1 Å². The van der Waals surface area contributed by atoms with Crippen LogP contribution in [-0.4, -0.2) is 17.0 Å². The van der Waals surface area contributed by atoms with Crippen LogP contribution in [0.5, 0.6) is 5.75 Å². The number of nitrogens with one attached hydrogen (secondary N) is 1. The topological polar surface area (TPSA) is 47.0 Å². The summed E-state index contributed by atoms with van der Waals surface area (Å²) < 4.78 is 5.54. The number of anilines is 1. The molecule has 1 aromatic carbocycles. The molecule has 0 saturated carbocycles. The molecule has 0 spiro atoms. The molecule has 0 aliphatic heterocycles. The van der Waals surface area contributed by atoms with Gasteiger partial charge in [0.1, 0.15) is 18.2 Å². The molecule has 2 aromatic rings. The summed E-state index contributed by atoms with van der Waals surface area (Å²) in [5.41, 5.74) is 0.808. The number of rotatable bonds is 4. The third-order valence-corrected chi connectivity index (χ3v) is 2.09. The van der Waals surface area contributed by atoms with Crippen molar-refractivity contribution in [1.82, 2.24) is 9.97 Å². The maximum absolute atomic E-state index is 5.54. The minimum atomic E-state index is 0.432. The first-order valence-electron chi connectivity index (χ1n) is 5.05. The van der Waals surface area contributed by atoms with Crippen LogP contribution in [0.25, 0.3) is 0 Å². The Morgan fingerprint density at radius 1 is 1.12 bits per heavy atom. The predicted molar refractivity (Wildman–Crippen MR) is 62.4 cm³/mol. The lowest BCUT2D eigenvalue weighted by Crippen LogP contribution is -2.00. The van der Waals surface area contributed by atoms with Crippen molar-refractivity contribution in [2.75, 3.05) is 12.4 Å². The molecule has 4 heteroatoms. The summed E-state index contributed by atoms with van der Waals surface area (Å²) in [5, 5.41) is 2.91. The molecule has 1 heterocycles. The molecule has 82 valence electrons. The van der Waals surface area contributed by atoms with Crippen LogP contribution in [0, 0.1) is 0 Å². The highest BCUT2D eigenvalue weighted by atomic mass is 16.5. The molecular formula is C12H13N3O. The van der Waals surface area contributed by atoms with Crippen LogP contribution in [0.2, 0.25) is 0 Å². The van der Waals surface area contributed by atoms with Crippen molar-refractivity contribution in [3.63, 3.8) is 0 Å². The fourth-order valence-electron chi connectivity index (χ4n) is 1.23. The highest BCUT2D eigenvalue weighted by Gasteiger charge is 1.97. The average molecular weight is 215 g/mol. The largest absolute Gasteiger partial charge is 0.487 e. The first kappa shape index (κ1) is 10.4. The van der Waals surface area contributed by atoms with E-state index in [9.17, 15) is 0 Å². The molecule has 4 nitrogen and oxygen atoms in total. The molecule has 0 radical (unpaired) electrons. The zero-order chi connectivity index (χ0) is 11.2. The Bertz CT molecular complexity index is 428. The van der Waals surface area contributed by atoms with E-state index in [-0.39, 0.29) is 0 Å². The summed E-state index contributed by atoms with van der Waals surface area (Å²) in [6.45, 7) is 0.432. The maximum atomic E-state index is 5.54. The maximum Gasteiger partial charge on any atom is 0.144 e. The van der Waals surface area contributed by atoms with Crippen molar-refractivity contribution in [2.24, 2.45) is 0 Å². The van der Waals surface area contributed by atoms with Crippen molar-refractivity contribution in [2.45, 2.75) is 6.61 Å². The van der Waals surface area contributed by atoms with Gasteiger partial charge in [-0.25, -0.2) is 4.98 Å². The van der Waals surface area contributed by atoms with Gasteiger partial charge < -0.3 is 10.1 Å². The van der Waals surface area contributed by atoms with Crippen molar-refractivity contribution < 1.29 is 4.74 Å². The number of aromatic nitrogens is 2. The molecule has 2 rings (SSSR count). The normalized spacial score (nSPS) is 9.81. The van der Waals surface area contributed by atoms with E-state index in [1.807, 2.05) is 37.4 Å². The number of ether oxygens (including phenoxy) is 1. The lowest BCUT2D eigenvalue weighted by molar-refractivity contribution is 0.301. The summed E-state index contributed by atoms with van der Waals surface area (Å²) in [6.07, 6.45) is 3.39. The Labute approximate surface area is 94.3 Å². The second-order valence-electron chi connectivity index (χ2n) is 3.24. The van der Waals surface area contributed by atoms with Crippen LogP contribution >= 0.6 is 0 Å². The van der Waals surface area contributed by atoms with Gasteiger partial charge in [0, 0.05) is 7.05 Å². The second-order valence-corrected chi connectivity index (χ2v) is 3.24. The number of nitrogens with zero attached hydrogens (tertiary/aromatic N) is 2. The van der Waals surface area contributed by atoms with E-state index in [1.54, 1.807) is 12.4 Å². The van der Waals surface area contributed by atoms with E-state index in [2.05, 4.69) is 15.3 Å². The first-order valence-corrected chi connectivity index (χ1v) is 5.05. The van der Waals surface area contributed by atoms with Gasteiger partial charge in [-0.1, -0.05) is 18.2 Å². The first-order chi connectivity index (χ1) is 7.88. The molecule has 0 saturated heterocycles. The van der Waals surface area contributed by atoms with E-state index in [0.29, 0.717) is 6.61 Å². The second kappa shape index (κ2) is 5.11. The van der Waals surface area contributed by atoms with Crippen LogP contribution in [0.1, 0.15) is 5.69 Å². The van der Waals surface area contributed by atoms with Gasteiger partial charge >= 0.3 is 0 Å². The molecule has 0 amide bonds. The molecule has 1 N–H and O–H groups in total. The van der Waals surface area contributed by atoms with Crippen LogP contribution in [0.3, 0.4) is 0 Å². The fraction of sp³-hybridized carbons (Fsp3) is 0.167. The number of hydrogen-bond acceptors (Lipinski definition) is 4. The Morgan fingerprint density at radius 2 is 1.94 bits per heavy atom. The predicted octanol–water partition coefficient (Wildman–Crippen LogP) is 2.10. The number of para-hydroxylation sites is 1. The molecule has 0 fully saturated rings. The molecule has 0 unspecified atom stereocenters. The van der Waals surface area contributed by atoms with Gasteiger partial charge in [-0.3, -0.25) is 4.98 Å². The number of hydrogen-bond donors (Lipinski definition) is 1. The monoisotopic (exact) mass is 215 g/mol. The summed E-state index contributed by atoms with van der Waals surface area (Å²) in [4.78, 5) is 8.37. The van der Waals surface area contributed by atoms with Crippen molar-refractivity contribution in [3.8, 4) is 5.75 Å². The summed E-state index contributed by atoms with van der Waals surface area (Å²) >= 11 is 0. The third kappa shape index (κ3) is 2.70.